The number of nitrogens with two attached hydrogens (primary N) is 1. The summed E-state index contributed by atoms with van der Waals surface area (Å²) >= 11 is 0. The van der Waals surface area contributed by atoms with Crippen LogP contribution in [0.15, 0.2) is 59.4 Å². The zero-order chi connectivity index (χ0) is 17.6. The number of carbonyl (C=O) groups excluding carboxylic acids is 1. The van der Waals surface area contributed by atoms with E-state index in [0.29, 0.717) is 37.0 Å². The molecule has 1 amide bonds. The minimum absolute atomic E-state index is 0.0911. The van der Waals surface area contributed by atoms with Crippen LogP contribution in [-0.2, 0) is 6.54 Å². The molecule has 0 saturated carbocycles. The number of aromatic nitrogens is 2. The third-order valence-electron chi connectivity index (χ3n) is 4.01. The third kappa shape index (κ3) is 3.75. The Bertz CT molecular complexity index is 921. The Balaban J connectivity index is 1.94. The molecule has 0 bridgehead atoms. The average molecular weight is 336 g/mol. The molecule has 0 atom stereocenters. The molecule has 25 heavy (non-hydrogen) atoms. The summed E-state index contributed by atoms with van der Waals surface area (Å²) in [6, 6.07) is 16.7. The highest BCUT2D eigenvalue weighted by atomic mass is 16.2. The Morgan fingerprint density at radius 3 is 2.56 bits per heavy atom. The lowest BCUT2D eigenvalue weighted by atomic mass is 10.1. The van der Waals surface area contributed by atoms with Crippen molar-refractivity contribution >= 4 is 16.8 Å². The summed E-state index contributed by atoms with van der Waals surface area (Å²) in [5, 5.41) is 7.27. The zero-order valence-electron chi connectivity index (χ0n) is 13.8. The molecule has 0 fully saturated rings. The molecule has 3 rings (SSSR count). The van der Waals surface area contributed by atoms with E-state index in [-0.39, 0.29) is 17.0 Å². The maximum Gasteiger partial charge on any atom is 0.278 e. The van der Waals surface area contributed by atoms with Crippen LogP contribution in [0.2, 0.25) is 0 Å². The molecule has 1 aromatic heterocycles. The molecule has 0 aliphatic carbocycles. The topological polar surface area (TPSA) is 92.1 Å². The molecule has 6 heteroatoms. The van der Waals surface area contributed by atoms with Gasteiger partial charge in [0.2, 0.25) is 5.43 Å². The van der Waals surface area contributed by atoms with Crippen molar-refractivity contribution in [2.24, 2.45) is 5.73 Å². The van der Waals surface area contributed by atoms with Gasteiger partial charge >= 0.3 is 0 Å². The number of para-hydroxylation sites is 1. The molecule has 3 aromatic rings. The van der Waals surface area contributed by atoms with Gasteiger partial charge in [0.1, 0.15) is 0 Å². The minimum atomic E-state index is -0.385. The van der Waals surface area contributed by atoms with E-state index in [1.54, 1.807) is 23.1 Å². The Labute approximate surface area is 145 Å². The quantitative estimate of drug-likeness (QED) is 0.719. The lowest BCUT2D eigenvalue weighted by molar-refractivity contribution is 0.0734. The van der Waals surface area contributed by atoms with Gasteiger partial charge in [-0.15, -0.1) is 0 Å². The van der Waals surface area contributed by atoms with Gasteiger partial charge in [0, 0.05) is 18.5 Å². The van der Waals surface area contributed by atoms with Gasteiger partial charge in [-0.05, 0) is 30.7 Å². The zero-order valence-corrected chi connectivity index (χ0v) is 13.8. The summed E-state index contributed by atoms with van der Waals surface area (Å²) in [4.78, 5) is 27.2. The van der Waals surface area contributed by atoms with Gasteiger partial charge in [0.05, 0.1) is 5.52 Å². The summed E-state index contributed by atoms with van der Waals surface area (Å²) < 4.78 is 0. The number of aromatic amines is 1. The number of rotatable bonds is 6. The molecule has 0 saturated heterocycles. The van der Waals surface area contributed by atoms with Crippen molar-refractivity contribution in [1.29, 1.82) is 0 Å². The van der Waals surface area contributed by atoms with E-state index < -0.39 is 0 Å². The van der Waals surface area contributed by atoms with Gasteiger partial charge in [-0.25, -0.2) is 0 Å². The monoisotopic (exact) mass is 336 g/mol. The number of nitrogens with one attached hydrogen (secondary N) is 1. The number of hydrogen-bond donors (Lipinski definition) is 2. The van der Waals surface area contributed by atoms with Gasteiger partial charge in [-0.3, -0.25) is 14.7 Å². The number of amides is 1. The maximum absolute atomic E-state index is 12.9. The van der Waals surface area contributed by atoms with Crippen LogP contribution >= 0.6 is 0 Å². The van der Waals surface area contributed by atoms with Crippen molar-refractivity contribution in [2.75, 3.05) is 13.1 Å². The van der Waals surface area contributed by atoms with Crippen LogP contribution in [0.5, 0.6) is 0 Å². The summed E-state index contributed by atoms with van der Waals surface area (Å²) in [7, 11) is 0. The highest BCUT2D eigenvalue weighted by Gasteiger charge is 2.21. The molecular weight excluding hydrogens is 316 g/mol. The third-order valence-corrected chi connectivity index (χ3v) is 4.01. The van der Waals surface area contributed by atoms with E-state index in [0.717, 1.165) is 5.56 Å². The smallest absolute Gasteiger partial charge is 0.278 e. The number of nitrogens with zero attached hydrogens (tertiary/aromatic N) is 2. The van der Waals surface area contributed by atoms with E-state index >= 15 is 0 Å². The first-order valence-corrected chi connectivity index (χ1v) is 8.21. The van der Waals surface area contributed by atoms with E-state index in [2.05, 4.69) is 10.2 Å². The first-order chi connectivity index (χ1) is 12.2. The van der Waals surface area contributed by atoms with Gasteiger partial charge in [0.15, 0.2) is 5.69 Å². The van der Waals surface area contributed by atoms with Gasteiger partial charge < -0.3 is 10.6 Å². The highest BCUT2D eigenvalue weighted by molar-refractivity contribution is 5.95. The highest BCUT2D eigenvalue weighted by Crippen LogP contribution is 2.10. The minimum Gasteiger partial charge on any atom is -0.333 e. The Hall–Kier alpha value is -2.99. The number of carbonyl (C=O) groups is 1. The molecule has 0 radical (unpaired) electrons. The second kappa shape index (κ2) is 7.72. The number of fused-ring (bicyclic) bond motifs is 1. The predicted octanol–water partition coefficient (Wildman–Crippen LogP) is 1.91. The average Bonchev–Trinajstić information content (AvgIpc) is 2.66. The number of hydrogen-bond acceptors (Lipinski definition) is 4. The van der Waals surface area contributed by atoms with Crippen LogP contribution < -0.4 is 11.2 Å². The van der Waals surface area contributed by atoms with Crippen LogP contribution in [0, 0.1) is 0 Å². The van der Waals surface area contributed by atoms with Crippen LogP contribution in [-0.4, -0.2) is 34.1 Å². The molecule has 0 aliphatic heterocycles. The summed E-state index contributed by atoms with van der Waals surface area (Å²) in [6.45, 7) is 1.35. The molecule has 1 heterocycles. The predicted molar refractivity (Wildman–Crippen MR) is 97.2 cm³/mol. The van der Waals surface area contributed by atoms with Crippen LogP contribution in [0.1, 0.15) is 22.5 Å². The van der Waals surface area contributed by atoms with Gasteiger partial charge in [-0.1, -0.05) is 42.5 Å². The molecular formula is C19H20N4O2. The molecule has 6 nitrogen and oxygen atoms in total. The largest absolute Gasteiger partial charge is 0.333 e. The van der Waals surface area contributed by atoms with Crippen molar-refractivity contribution in [1.82, 2.24) is 15.1 Å². The van der Waals surface area contributed by atoms with E-state index in [9.17, 15) is 9.59 Å². The molecule has 3 N–H and O–H groups in total. The van der Waals surface area contributed by atoms with E-state index in [1.165, 1.54) is 0 Å². The number of benzene rings is 2. The summed E-state index contributed by atoms with van der Waals surface area (Å²) in [6.07, 6.45) is 0.657. The number of H-pyrrole nitrogens is 1. The fraction of sp³-hybridized carbons (Fsp3) is 0.211. The first-order valence-electron chi connectivity index (χ1n) is 8.21. The fourth-order valence-corrected chi connectivity index (χ4v) is 2.71. The van der Waals surface area contributed by atoms with Crippen LogP contribution in [0.4, 0.5) is 0 Å². The summed E-state index contributed by atoms with van der Waals surface area (Å²) in [5.74, 6) is -0.385. The normalized spacial score (nSPS) is 10.8. The molecule has 2 aromatic carbocycles. The SMILES string of the molecule is NCCCN(Cc1ccccc1)C(=O)c1n[nH]c2ccccc2c1=O. The van der Waals surface area contributed by atoms with Crippen molar-refractivity contribution in [3.8, 4) is 0 Å². The van der Waals surface area contributed by atoms with Crippen molar-refractivity contribution in [3.05, 3.63) is 76.1 Å². The second-order valence-corrected chi connectivity index (χ2v) is 5.80. The Morgan fingerprint density at radius 1 is 1.08 bits per heavy atom. The van der Waals surface area contributed by atoms with Crippen molar-refractivity contribution in [3.63, 3.8) is 0 Å². The standard InChI is InChI=1S/C19H20N4O2/c20-11-6-12-23(13-14-7-2-1-3-8-14)19(25)17-18(24)15-9-4-5-10-16(15)21-22-17/h1-5,7-10H,6,11-13,20H2,(H,21,24). The lowest BCUT2D eigenvalue weighted by Crippen LogP contribution is -2.36. The Kier molecular flexibility index (Phi) is 5.20. The molecule has 0 unspecified atom stereocenters. The van der Waals surface area contributed by atoms with Crippen molar-refractivity contribution in [2.45, 2.75) is 13.0 Å². The molecule has 0 spiro atoms. The van der Waals surface area contributed by atoms with Crippen LogP contribution in [0.3, 0.4) is 0 Å². The lowest BCUT2D eigenvalue weighted by Gasteiger charge is -2.22. The second-order valence-electron chi connectivity index (χ2n) is 5.80. The van der Waals surface area contributed by atoms with Gasteiger partial charge in [-0.2, -0.15) is 5.10 Å². The molecule has 128 valence electrons. The van der Waals surface area contributed by atoms with E-state index in [4.69, 9.17) is 5.73 Å². The Morgan fingerprint density at radius 2 is 1.80 bits per heavy atom. The fourth-order valence-electron chi connectivity index (χ4n) is 2.71. The maximum atomic E-state index is 12.9. The van der Waals surface area contributed by atoms with E-state index in [1.807, 2.05) is 36.4 Å². The molecule has 0 aliphatic rings. The van der Waals surface area contributed by atoms with Crippen molar-refractivity contribution < 1.29 is 4.79 Å². The van der Waals surface area contributed by atoms with Gasteiger partial charge in [0.25, 0.3) is 5.91 Å². The first kappa shape index (κ1) is 16.9. The summed E-state index contributed by atoms with van der Waals surface area (Å²) in [5.41, 5.74) is 6.75. The van der Waals surface area contributed by atoms with Crippen LogP contribution in [0.25, 0.3) is 10.9 Å².